The molecule has 0 spiro atoms. The summed E-state index contributed by atoms with van der Waals surface area (Å²) in [6.07, 6.45) is -1.11. The number of carbonyl (C=O) groups excluding carboxylic acids is 1. The highest BCUT2D eigenvalue weighted by atomic mass is 32.2. The number of rotatable bonds is 3. The second kappa shape index (κ2) is 6.68. The molecular formula is C17H13F3N2OS2. The number of benzene rings is 1. The third-order valence-electron chi connectivity index (χ3n) is 3.70. The third kappa shape index (κ3) is 3.50. The molecule has 1 aliphatic rings. The Morgan fingerprint density at radius 1 is 1.24 bits per heavy atom. The van der Waals surface area contributed by atoms with Gasteiger partial charge in [-0.25, -0.2) is 0 Å². The van der Waals surface area contributed by atoms with Gasteiger partial charge in [-0.1, -0.05) is 30.0 Å². The number of alkyl halides is 3. The van der Waals surface area contributed by atoms with Gasteiger partial charge in [-0.15, -0.1) is 0 Å². The molecule has 3 nitrogen and oxygen atoms in total. The van der Waals surface area contributed by atoms with E-state index < -0.39 is 11.7 Å². The molecule has 2 heterocycles. The van der Waals surface area contributed by atoms with Crippen molar-refractivity contribution in [2.24, 2.45) is 0 Å². The topological polar surface area (TPSA) is 25.2 Å². The monoisotopic (exact) mass is 382 g/mol. The number of nitrogens with zero attached hydrogens (tertiary/aromatic N) is 2. The summed E-state index contributed by atoms with van der Waals surface area (Å²) in [5.74, 6) is -0.186. The third-order valence-corrected chi connectivity index (χ3v) is 5.08. The molecule has 130 valence electrons. The van der Waals surface area contributed by atoms with Gasteiger partial charge in [0.05, 0.1) is 10.5 Å². The number of thioether (sulfide) groups is 1. The zero-order valence-electron chi connectivity index (χ0n) is 13.1. The molecule has 2 aromatic rings. The van der Waals surface area contributed by atoms with E-state index >= 15 is 0 Å². The van der Waals surface area contributed by atoms with Gasteiger partial charge in [-0.2, -0.15) is 13.2 Å². The van der Waals surface area contributed by atoms with Crippen LogP contribution in [0, 0.1) is 0 Å². The van der Waals surface area contributed by atoms with Crippen molar-refractivity contribution in [2.75, 3.05) is 6.54 Å². The van der Waals surface area contributed by atoms with Crippen LogP contribution in [0.1, 0.15) is 18.2 Å². The molecule has 1 aromatic carbocycles. The van der Waals surface area contributed by atoms with Crippen LogP contribution >= 0.6 is 24.0 Å². The van der Waals surface area contributed by atoms with Crippen LogP contribution in [0.2, 0.25) is 0 Å². The number of halogens is 3. The van der Waals surface area contributed by atoms with Crippen LogP contribution in [0.25, 0.3) is 11.8 Å². The van der Waals surface area contributed by atoms with Gasteiger partial charge < -0.3 is 4.57 Å². The SMILES string of the molecule is CCN1C(=O)C(=Cc2cccn2-c2cccc(C(F)(F)F)c2)SC1=S. The number of hydrogen-bond donors (Lipinski definition) is 0. The van der Waals surface area contributed by atoms with Crippen LogP contribution in [0.15, 0.2) is 47.5 Å². The number of carbonyl (C=O) groups is 1. The van der Waals surface area contributed by atoms with Crippen LogP contribution in [0.3, 0.4) is 0 Å². The van der Waals surface area contributed by atoms with E-state index in [4.69, 9.17) is 12.2 Å². The van der Waals surface area contributed by atoms with Crippen molar-refractivity contribution < 1.29 is 18.0 Å². The summed E-state index contributed by atoms with van der Waals surface area (Å²) < 4.78 is 40.9. The van der Waals surface area contributed by atoms with E-state index in [0.717, 1.165) is 12.1 Å². The number of aromatic nitrogens is 1. The smallest absolute Gasteiger partial charge is 0.317 e. The van der Waals surface area contributed by atoms with E-state index in [0.29, 0.717) is 27.2 Å². The molecule has 0 radical (unpaired) electrons. The van der Waals surface area contributed by atoms with Crippen LogP contribution in [-0.2, 0) is 11.0 Å². The molecule has 0 bridgehead atoms. The fraction of sp³-hybridized carbons (Fsp3) is 0.176. The van der Waals surface area contributed by atoms with Crippen molar-refractivity contribution in [3.05, 3.63) is 58.8 Å². The Balaban J connectivity index is 1.99. The van der Waals surface area contributed by atoms with E-state index in [1.165, 1.54) is 22.7 Å². The lowest BCUT2D eigenvalue weighted by Crippen LogP contribution is -2.27. The first-order valence-electron chi connectivity index (χ1n) is 7.41. The molecule has 0 atom stereocenters. The molecule has 3 rings (SSSR count). The summed E-state index contributed by atoms with van der Waals surface area (Å²) in [4.78, 5) is 14.2. The van der Waals surface area contributed by atoms with Gasteiger partial charge in [0.2, 0.25) is 0 Å². The lowest BCUT2D eigenvalue weighted by Gasteiger charge is -2.11. The maximum atomic E-state index is 12.9. The van der Waals surface area contributed by atoms with Crippen LogP contribution < -0.4 is 0 Å². The molecule has 1 fully saturated rings. The summed E-state index contributed by atoms with van der Waals surface area (Å²) >= 11 is 6.36. The molecule has 1 aromatic heterocycles. The van der Waals surface area contributed by atoms with Crippen LogP contribution in [0.4, 0.5) is 13.2 Å². The Kier molecular flexibility index (Phi) is 4.75. The first kappa shape index (κ1) is 17.8. The first-order valence-corrected chi connectivity index (χ1v) is 8.64. The predicted octanol–water partition coefficient (Wildman–Crippen LogP) is 4.72. The molecule has 0 saturated carbocycles. The van der Waals surface area contributed by atoms with Gasteiger partial charge in [0.25, 0.3) is 5.91 Å². The van der Waals surface area contributed by atoms with E-state index in [1.54, 1.807) is 35.0 Å². The van der Waals surface area contributed by atoms with E-state index in [9.17, 15) is 18.0 Å². The first-order chi connectivity index (χ1) is 11.8. The Morgan fingerprint density at radius 3 is 2.64 bits per heavy atom. The predicted molar refractivity (Wildman–Crippen MR) is 96.3 cm³/mol. The van der Waals surface area contributed by atoms with Gasteiger partial charge in [-0.3, -0.25) is 9.69 Å². The Labute approximate surface area is 152 Å². The fourth-order valence-corrected chi connectivity index (χ4v) is 3.85. The summed E-state index contributed by atoms with van der Waals surface area (Å²) in [6.45, 7) is 2.32. The molecule has 0 aliphatic carbocycles. The average Bonchev–Trinajstić information content (AvgIpc) is 3.12. The minimum atomic E-state index is -4.41. The van der Waals surface area contributed by atoms with Crippen LogP contribution in [-0.4, -0.2) is 26.2 Å². The molecule has 8 heteroatoms. The molecule has 1 aliphatic heterocycles. The highest BCUT2D eigenvalue weighted by molar-refractivity contribution is 8.26. The number of likely N-dealkylation sites (N-methyl/N-ethyl adjacent to an activating group) is 1. The molecule has 0 unspecified atom stereocenters. The standard InChI is InChI=1S/C17H13F3N2OS2/c1-2-21-15(23)14(25-16(21)24)10-13-7-4-8-22(13)12-6-3-5-11(9-12)17(18,19)20/h3-10H,2H2,1H3. The van der Waals surface area contributed by atoms with Crippen molar-refractivity contribution in [3.63, 3.8) is 0 Å². The van der Waals surface area contributed by atoms with Gasteiger partial charge in [0.1, 0.15) is 4.32 Å². The normalized spacial score (nSPS) is 17.0. The van der Waals surface area contributed by atoms with Crippen molar-refractivity contribution in [2.45, 2.75) is 13.1 Å². The number of hydrogen-bond acceptors (Lipinski definition) is 3. The molecule has 1 saturated heterocycles. The van der Waals surface area contributed by atoms with Crippen LogP contribution in [0.5, 0.6) is 0 Å². The highest BCUT2D eigenvalue weighted by Crippen LogP contribution is 2.33. The summed E-state index contributed by atoms with van der Waals surface area (Å²) in [5.41, 5.74) is 0.259. The van der Waals surface area contributed by atoms with Gasteiger partial charge in [0, 0.05) is 24.1 Å². The zero-order valence-corrected chi connectivity index (χ0v) is 14.7. The fourth-order valence-electron chi connectivity index (χ4n) is 2.49. The summed E-state index contributed by atoms with van der Waals surface area (Å²) in [7, 11) is 0. The molecule has 25 heavy (non-hydrogen) atoms. The Hall–Kier alpha value is -2.06. The van der Waals surface area contributed by atoms with Crippen molar-refractivity contribution >= 4 is 40.3 Å². The van der Waals surface area contributed by atoms with Gasteiger partial charge in [0.15, 0.2) is 0 Å². The minimum absolute atomic E-state index is 0.186. The molecular weight excluding hydrogens is 369 g/mol. The number of thiocarbonyl (C=S) groups is 1. The largest absolute Gasteiger partial charge is 0.416 e. The van der Waals surface area contributed by atoms with E-state index in [1.807, 2.05) is 6.92 Å². The number of amides is 1. The van der Waals surface area contributed by atoms with E-state index in [-0.39, 0.29) is 5.91 Å². The molecule has 0 N–H and O–H groups in total. The second-order valence-electron chi connectivity index (χ2n) is 5.28. The maximum absolute atomic E-state index is 12.9. The molecule has 1 amide bonds. The lowest BCUT2D eigenvalue weighted by molar-refractivity contribution is -0.137. The Morgan fingerprint density at radius 2 is 2.00 bits per heavy atom. The summed E-state index contributed by atoms with van der Waals surface area (Å²) in [5, 5.41) is 0. The quantitative estimate of drug-likeness (QED) is 0.567. The van der Waals surface area contributed by atoms with Crippen molar-refractivity contribution in [3.8, 4) is 5.69 Å². The Bertz CT molecular complexity index is 871. The van der Waals surface area contributed by atoms with E-state index in [2.05, 4.69) is 0 Å². The summed E-state index contributed by atoms with van der Waals surface area (Å²) in [6, 6.07) is 8.50. The van der Waals surface area contributed by atoms with Gasteiger partial charge >= 0.3 is 6.18 Å². The average molecular weight is 382 g/mol. The maximum Gasteiger partial charge on any atom is 0.416 e. The zero-order chi connectivity index (χ0) is 18.2. The second-order valence-corrected chi connectivity index (χ2v) is 6.95. The minimum Gasteiger partial charge on any atom is -0.317 e. The van der Waals surface area contributed by atoms with Crippen molar-refractivity contribution in [1.29, 1.82) is 0 Å². The van der Waals surface area contributed by atoms with Gasteiger partial charge in [-0.05, 0) is 43.3 Å². The lowest BCUT2D eigenvalue weighted by atomic mass is 10.2. The highest BCUT2D eigenvalue weighted by Gasteiger charge is 2.32. The van der Waals surface area contributed by atoms with Crippen molar-refractivity contribution in [1.82, 2.24) is 9.47 Å².